The number of halogens is 1. The lowest BCUT2D eigenvalue weighted by Gasteiger charge is -2.04. The zero-order valence-electron chi connectivity index (χ0n) is 9.85. The second-order valence-corrected chi connectivity index (χ2v) is 4.08. The first-order valence-electron chi connectivity index (χ1n) is 5.31. The molecular weight excluding hydrogens is 253 g/mol. The van der Waals surface area contributed by atoms with Gasteiger partial charge in [0.05, 0.1) is 6.61 Å². The minimum absolute atomic E-state index is 0.243. The van der Waals surface area contributed by atoms with E-state index in [2.05, 4.69) is 0 Å². The summed E-state index contributed by atoms with van der Waals surface area (Å²) in [5.41, 5.74) is 1.08. The van der Waals surface area contributed by atoms with Gasteiger partial charge in [0.2, 0.25) is 0 Å². The Morgan fingerprint density at radius 2 is 2.17 bits per heavy atom. The van der Waals surface area contributed by atoms with Crippen LogP contribution < -0.4 is 0 Å². The first-order chi connectivity index (χ1) is 8.67. The average molecular weight is 265 g/mol. The van der Waals surface area contributed by atoms with Crippen molar-refractivity contribution in [3.8, 4) is 5.40 Å². The number of nitriles is 1. The molecule has 94 valence electrons. The molecule has 0 amide bonds. The smallest absolute Gasteiger partial charge is 0.334 e. The van der Waals surface area contributed by atoms with E-state index >= 15 is 0 Å². The van der Waals surface area contributed by atoms with E-state index in [0.717, 1.165) is 11.8 Å². The van der Waals surface area contributed by atoms with Gasteiger partial charge in [-0.1, -0.05) is 12.1 Å². The topological polar surface area (TPSA) is 50.1 Å². The molecule has 0 heterocycles. The third-order valence-electron chi connectivity index (χ3n) is 2.04. The summed E-state index contributed by atoms with van der Waals surface area (Å²) in [6, 6.07) is 5.75. The summed E-state index contributed by atoms with van der Waals surface area (Å²) in [6.45, 7) is 1.99. The molecule has 1 aromatic rings. The maximum Gasteiger partial charge on any atom is 0.334 e. The standard InChI is InChI=1S/C13H12FNO2S/c1-2-17-13(16)11(8-18-9-15)7-10-3-5-12(14)6-4-10/h3-7H,2,8H2,1H3/b11-7+. The van der Waals surface area contributed by atoms with Gasteiger partial charge in [-0.3, -0.25) is 0 Å². The van der Waals surface area contributed by atoms with Crippen LogP contribution in [-0.2, 0) is 9.53 Å². The van der Waals surface area contributed by atoms with Gasteiger partial charge in [-0.2, -0.15) is 5.26 Å². The molecule has 0 aliphatic rings. The molecule has 0 atom stereocenters. The van der Waals surface area contributed by atoms with E-state index in [0.29, 0.717) is 11.1 Å². The Hall–Kier alpha value is -1.80. The predicted octanol–water partition coefficient (Wildman–Crippen LogP) is 2.99. The highest BCUT2D eigenvalue weighted by atomic mass is 32.2. The fourth-order valence-electron chi connectivity index (χ4n) is 1.25. The number of thiocyanates is 1. The summed E-state index contributed by atoms with van der Waals surface area (Å²) in [7, 11) is 0. The van der Waals surface area contributed by atoms with Gasteiger partial charge in [0.15, 0.2) is 0 Å². The Morgan fingerprint density at radius 3 is 2.72 bits per heavy atom. The first-order valence-corrected chi connectivity index (χ1v) is 6.30. The Bertz CT molecular complexity index is 477. The summed E-state index contributed by atoms with van der Waals surface area (Å²) in [6.07, 6.45) is 1.60. The van der Waals surface area contributed by atoms with Gasteiger partial charge in [-0.05, 0) is 42.5 Å². The number of rotatable bonds is 5. The lowest BCUT2D eigenvalue weighted by molar-refractivity contribution is -0.138. The SMILES string of the molecule is CCOC(=O)/C(=C/c1ccc(F)cc1)CSC#N. The summed E-state index contributed by atoms with van der Waals surface area (Å²) in [5, 5.41) is 10.4. The lowest BCUT2D eigenvalue weighted by atomic mass is 10.1. The van der Waals surface area contributed by atoms with E-state index in [1.807, 2.05) is 5.40 Å². The zero-order chi connectivity index (χ0) is 13.4. The molecular formula is C13H12FNO2S. The van der Waals surface area contributed by atoms with Crippen LogP contribution in [0.25, 0.3) is 6.08 Å². The normalized spacial score (nSPS) is 10.8. The van der Waals surface area contributed by atoms with Gasteiger partial charge in [0.25, 0.3) is 0 Å². The van der Waals surface area contributed by atoms with Crippen LogP contribution in [0.2, 0.25) is 0 Å². The van der Waals surface area contributed by atoms with E-state index in [1.54, 1.807) is 25.1 Å². The second kappa shape index (κ2) is 7.51. The molecule has 0 aliphatic carbocycles. The number of ether oxygens (including phenoxy) is 1. The molecule has 0 saturated carbocycles. The molecule has 1 aromatic carbocycles. The van der Waals surface area contributed by atoms with Gasteiger partial charge in [-0.15, -0.1) is 0 Å². The van der Waals surface area contributed by atoms with Crippen LogP contribution >= 0.6 is 11.8 Å². The average Bonchev–Trinajstić information content (AvgIpc) is 2.37. The van der Waals surface area contributed by atoms with Gasteiger partial charge in [-0.25, -0.2) is 9.18 Å². The molecule has 0 aliphatic heterocycles. The maximum atomic E-state index is 12.7. The number of esters is 1. The van der Waals surface area contributed by atoms with Crippen LogP contribution in [0.1, 0.15) is 12.5 Å². The van der Waals surface area contributed by atoms with Crippen LogP contribution in [0.3, 0.4) is 0 Å². The van der Waals surface area contributed by atoms with Gasteiger partial charge in [0.1, 0.15) is 11.2 Å². The predicted molar refractivity (Wildman–Crippen MR) is 69.1 cm³/mol. The highest BCUT2D eigenvalue weighted by Crippen LogP contribution is 2.14. The van der Waals surface area contributed by atoms with Crippen molar-refractivity contribution in [1.29, 1.82) is 5.26 Å². The minimum atomic E-state index is -0.454. The van der Waals surface area contributed by atoms with Crippen molar-refractivity contribution in [3.63, 3.8) is 0 Å². The third-order valence-corrected chi connectivity index (χ3v) is 2.63. The first kappa shape index (κ1) is 14.3. The van der Waals surface area contributed by atoms with Crippen molar-refractivity contribution in [2.24, 2.45) is 0 Å². The molecule has 5 heteroatoms. The Labute approximate surface area is 109 Å². The zero-order valence-corrected chi connectivity index (χ0v) is 10.7. The van der Waals surface area contributed by atoms with Crippen LogP contribution in [0.4, 0.5) is 4.39 Å². The second-order valence-electron chi connectivity index (χ2n) is 3.32. The van der Waals surface area contributed by atoms with Crippen molar-refractivity contribution in [3.05, 3.63) is 41.2 Å². The fraction of sp³-hybridized carbons (Fsp3) is 0.231. The molecule has 0 N–H and O–H groups in total. The molecule has 0 fully saturated rings. The number of hydrogen-bond acceptors (Lipinski definition) is 4. The molecule has 3 nitrogen and oxygen atoms in total. The summed E-state index contributed by atoms with van der Waals surface area (Å²) in [4.78, 5) is 11.6. The van der Waals surface area contributed by atoms with Crippen molar-refractivity contribution in [2.75, 3.05) is 12.4 Å². The molecule has 0 saturated heterocycles. The van der Waals surface area contributed by atoms with Crippen LogP contribution in [0.15, 0.2) is 29.8 Å². The van der Waals surface area contributed by atoms with Crippen molar-refractivity contribution >= 4 is 23.8 Å². The number of carbonyl (C=O) groups is 1. The molecule has 1 rings (SSSR count). The van der Waals surface area contributed by atoms with Crippen molar-refractivity contribution < 1.29 is 13.9 Å². The maximum absolute atomic E-state index is 12.7. The summed E-state index contributed by atoms with van der Waals surface area (Å²) >= 11 is 0.955. The molecule has 0 spiro atoms. The Morgan fingerprint density at radius 1 is 1.50 bits per heavy atom. The largest absolute Gasteiger partial charge is 0.463 e. The lowest BCUT2D eigenvalue weighted by Crippen LogP contribution is -2.09. The number of hydrogen-bond donors (Lipinski definition) is 0. The molecule has 0 bridgehead atoms. The van der Waals surface area contributed by atoms with Gasteiger partial charge in [0, 0.05) is 11.3 Å². The number of benzene rings is 1. The Kier molecular flexibility index (Phi) is 5.95. The number of carbonyl (C=O) groups excluding carboxylic acids is 1. The van der Waals surface area contributed by atoms with E-state index < -0.39 is 5.97 Å². The van der Waals surface area contributed by atoms with E-state index in [4.69, 9.17) is 10.00 Å². The van der Waals surface area contributed by atoms with Crippen LogP contribution in [0.5, 0.6) is 0 Å². The number of nitrogens with zero attached hydrogens (tertiary/aromatic N) is 1. The van der Waals surface area contributed by atoms with E-state index in [-0.39, 0.29) is 18.2 Å². The molecule has 18 heavy (non-hydrogen) atoms. The molecule has 0 aromatic heterocycles. The summed E-state index contributed by atoms with van der Waals surface area (Å²) in [5.74, 6) is -0.548. The number of thioether (sulfide) groups is 1. The van der Waals surface area contributed by atoms with E-state index in [9.17, 15) is 9.18 Å². The van der Waals surface area contributed by atoms with Crippen LogP contribution in [0, 0.1) is 16.5 Å². The van der Waals surface area contributed by atoms with E-state index in [1.165, 1.54) is 12.1 Å². The molecule has 0 unspecified atom stereocenters. The summed E-state index contributed by atoms with van der Waals surface area (Å²) < 4.78 is 17.6. The van der Waals surface area contributed by atoms with Crippen molar-refractivity contribution in [2.45, 2.75) is 6.92 Å². The van der Waals surface area contributed by atoms with Gasteiger partial charge >= 0.3 is 5.97 Å². The minimum Gasteiger partial charge on any atom is -0.463 e. The third kappa shape index (κ3) is 4.60. The Balaban J connectivity index is 2.90. The highest BCUT2D eigenvalue weighted by Gasteiger charge is 2.10. The van der Waals surface area contributed by atoms with Crippen LogP contribution in [-0.4, -0.2) is 18.3 Å². The monoisotopic (exact) mass is 265 g/mol. The molecule has 0 radical (unpaired) electrons. The highest BCUT2D eigenvalue weighted by molar-refractivity contribution is 8.03. The fourth-order valence-corrected chi connectivity index (χ4v) is 1.67. The quantitative estimate of drug-likeness (QED) is 0.466. The van der Waals surface area contributed by atoms with Gasteiger partial charge < -0.3 is 4.74 Å². The van der Waals surface area contributed by atoms with Crippen molar-refractivity contribution in [1.82, 2.24) is 0 Å².